The Morgan fingerprint density at radius 3 is 2.52 bits per heavy atom. The summed E-state index contributed by atoms with van der Waals surface area (Å²) in [7, 11) is 1.91. The number of benzene rings is 2. The van der Waals surface area contributed by atoms with Crippen LogP contribution in [0.4, 0.5) is 0 Å². The van der Waals surface area contributed by atoms with E-state index in [4.69, 9.17) is 4.74 Å². The van der Waals surface area contributed by atoms with Gasteiger partial charge in [-0.3, -0.25) is 0 Å². The van der Waals surface area contributed by atoms with Gasteiger partial charge in [0.25, 0.3) is 0 Å². The summed E-state index contributed by atoms with van der Waals surface area (Å²) in [5.74, 6) is 0.897. The first kappa shape index (κ1) is 14.0. The Bertz CT molecular complexity index is 797. The summed E-state index contributed by atoms with van der Waals surface area (Å²) < 4.78 is 6.15. The highest BCUT2D eigenvalue weighted by Gasteiger charge is 2.41. The third-order valence-electron chi connectivity index (χ3n) is 4.24. The molecular formula is C19H19N3O. The van der Waals surface area contributed by atoms with E-state index in [1.54, 1.807) is 5.12 Å². The van der Waals surface area contributed by atoms with Gasteiger partial charge >= 0.3 is 0 Å². The second kappa shape index (κ2) is 5.25. The molecule has 0 radical (unpaired) electrons. The molecular weight excluding hydrogens is 286 g/mol. The number of ether oxygens (including phenoxy) is 1. The van der Waals surface area contributed by atoms with Crippen LogP contribution in [0.15, 0.2) is 65.8 Å². The molecule has 1 atom stereocenters. The van der Waals surface area contributed by atoms with Crippen LogP contribution in [0.1, 0.15) is 23.6 Å². The minimum absolute atomic E-state index is 0.338. The molecule has 1 aliphatic carbocycles. The van der Waals surface area contributed by atoms with Gasteiger partial charge in [0, 0.05) is 18.2 Å². The molecule has 23 heavy (non-hydrogen) atoms. The van der Waals surface area contributed by atoms with Gasteiger partial charge in [0.15, 0.2) is 0 Å². The fourth-order valence-corrected chi connectivity index (χ4v) is 3.20. The van der Waals surface area contributed by atoms with Crippen molar-refractivity contribution in [2.45, 2.75) is 19.1 Å². The van der Waals surface area contributed by atoms with Crippen molar-refractivity contribution in [3.05, 3.63) is 77.4 Å². The largest absolute Gasteiger partial charge is 0.489 e. The zero-order valence-electron chi connectivity index (χ0n) is 13.3. The maximum Gasteiger partial charge on any atom is 0.126 e. The summed E-state index contributed by atoms with van der Waals surface area (Å²) in [6.07, 6.45) is 2.13. The topological polar surface area (TPSA) is 36.9 Å². The summed E-state index contributed by atoms with van der Waals surface area (Å²) in [6, 6.07) is 18.5. The highest BCUT2D eigenvalue weighted by molar-refractivity contribution is 6.14. The van der Waals surface area contributed by atoms with Gasteiger partial charge in [0.1, 0.15) is 17.9 Å². The zero-order valence-corrected chi connectivity index (χ0v) is 13.3. The van der Waals surface area contributed by atoms with Crippen molar-refractivity contribution in [2.24, 2.45) is 5.10 Å². The van der Waals surface area contributed by atoms with Crippen LogP contribution < -0.4 is 5.43 Å². The van der Waals surface area contributed by atoms with Crippen LogP contribution in [0.25, 0.3) is 5.76 Å². The summed E-state index contributed by atoms with van der Waals surface area (Å²) in [5.41, 5.74) is 7.44. The van der Waals surface area contributed by atoms with Crippen LogP contribution in [0.2, 0.25) is 0 Å². The standard InChI is InChI=1S/C19H19N3O/c1-19-12-17(23-13-14-8-4-3-5-9-14)15-10-6-7-11-16(15)18(19)20-22(2)21-19/h3-12,21H,13H2,1-2H3. The van der Waals surface area contributed by atoms with Crippen LogP contribution in [0.3, 0.4) is 0 Å². The average molecular weight is 305 g/mol. The van der Waals surface area contributed by atoms with Gasteiger partial charge in [-0.05, 0) is 18.6 Å². The first-order chi connectivity index (χ1) is 11.2. The Kier molecular flexibility index (Phi) is 3.20. The first-order valence-corrected chi connectivity index (χ1v) is 7.76. The predicted molar refractivity (Wildman–Crippen MR) is 91.5 cm³/mol. The van der Waals surface area contributed by atoms with Gasteiger partial charge in [0.2, 0.25) is 0 Å². The number of rotatable bonds is 3. The smallest absolute Gasteiger partial charge is 0.126 e. The summed E-state index contributed by atoms with van der Waals surface area (Å²) >= 11 is 0. The normalized spacial score (nSPS) is 22.1. The Hall–Kier alpha value is -2.59. The summed E-state index contributed by atoms with van der Waals surface area (Å²) in [6.45, 7) is 2.68. The Labute approximate surface area is 136 Å². The number of hydrazone groups is 1. The molecule has 1 N–H and O–H groups in total. The molecule has 2 aromatic carbocycles. The maximum atomic E-state index is 6.15. The van der Waals surface area contributed by atoms with E-state index in [0.717, 1.165) is 28.2 Å². The van der Waals surface area contributed by atoms with Gasteiger partial charge < -0.3 is 4.74 Å². The van der Waals surface area contributed by atoms with E-state index >= 15 is 0 Å². The monoisotopic (exact) mass is 305 g/mol. The fourth-order valence-electron chi connectivity index (χ4n) is 3.20. The lowest BCUT2D eigenvalue weighted by Crippen LogP contribution is -2.48. The van der Waals surface area contributed by atoms with Crippen LogP contribution in [0.5, 0.6) is 0 Å². The van der Waals surface area contributed by atoms with E-state index in [2.05, 4.69) is 47.8 Å². The molecule has 0 bridgehead atoms. The minimum Gasteiger partial charge on any atom is -0.489 e. The van der Waals surface area contributed by atoms with Crippen molar-refractivity contribution in [1.29, 1.82) is 0 Å². The quantitative estimate of drug-likeness (QED) is 0.946. The molecule has 0 spiro atoms. The molecule has 1 heterocycles. The van der Waals surface area contributed by atoms with E-state index < -0.39 is 0 Å². The van der Waals surface area contributed by atoms with Crippen LogP contribution >= 0.6 is 0 Å². The molecule has 0 fully saturated rings. The Balaban J connectivity index is 1.71. The van der Waals surface area contributed by atoms with Crippen LogP contribution in [-0.4, -0.2) is 23.4 Å². The number of nitrogens with zero attached hydrogens (tertiary/aromatic N) is 2. The van der Waals surface area contributed by atoms with Crippen molar-refractivity contribution >= 4 is 11.5 Å². The van der Waals surface area contributed by atoms with Crippen molar-refractivity contribution in [2.75, 3.05) is 7.05 Å². The fraction of sp³-hybridized carbons (Fsp3) is 0.211. The molecule has 0 aromatic heterocycles. The number of hydrazine groups is 1. The van der Waals surface area contributed by atoms with E-state index in [1.165, 1.54) is 0 Å². The molecule has 1 aliphatic heterocycles. The zero-order chi connectivity index (χ0) is 15.9. The number of fused-ring (bicyclic) bond motifs is 3. The second-order valence-electron chi connectivity index (χ2n) is 6.11. The molecule has 0 amide bonds. The third-order valence-corrected chi connectivity index (χ3v) is 4.24. The van der Waals surface area contributed by atoms with E-state index in [-0.39, 0.29) is 5.54 Å². The van der Waals surface area contributed by atoms with Gasteiger partial charge in [-0.2, -0.15) is 5.10 Å². The lowest BCUT2D eigenvalue weighted by atomic mass is 9.82. The number of nitrogens with one attached hydrogen (secondary N) is 1. The first-order valence-electron chi connectivity index (χ1n) is 7.76. The van der Waals surface area contributed by atoms with Crippen molar-refractivity contribution < 1.29 is 4.74 Å². The molecule has 4 heteroatoms. The van der Waals surface area contributed by atoms with E-state index in [9.17, 15) is 0 Å². The highest BCUT2D eigenvalue weighted by atomic mass is 16.5. The van der Waals surface area contributed by atoms with Gasteiger partial charge in [-0.15, -0.1) is 0 Å². The molecule has 116 valence electrons. The Morgan fingerprint density at radius 2 is 1.74 bits per heavy atom. The molecule has 4 nitrogen and oxygen atoms in total. The van der Waals surface area contributed by atoms with Crippen molar-refractivity contribution in [3.8, 4) is 0 Å². The lowest BCUT2D eigenvalue weighted by molar-refractivity contribution is 0.234. The van der Waals surface area contributed by atoms with Crippen LogP contribution in [0, 0.1) is 0 Å². The molecule has 1 unspecified atom stereocenters. The second-order valence-corrected chi connectivity index (χ2v) is 6.11. The number of hydrogen-bond donors (Lipinski definition) is 1. The average Bonchev–Trinajstić information content (AvgIpc) is 2.88. The number of hydrogen-bond acceptors (Lipinski definition) is 4. The molecule has 0 saturated heterocycles. The Morgan fingerprint density at radius 1 is 1.04 bits per heavy atom. The van der Waals surface area contributed by atoms with Gasteiger partial charge in [-0.1, -0.05) is 54.6 Å². The highest BCUT2D eigenvalue weighted by Crippen LogP contribution is 2.35. The molecule has 2 aromatic rings. The predicted octanol–water partition coefficient (Wildman–Crippen LogP) is 3.17. The molecule has 0 saturated carbocycles. The van der Waals surface area contributed by atoms with E-state index in [1.807, 2.05) is 37.4 Å². The molecule has 2 aliphatic rings. The van der Waals surface area contributed by atoms with Gasteiger partial charge in [-0.25, -0.2) is 10.5 Å². The summed E-state index contributed by atoms with van der Waals surface area (Å²) in [4.78, 5) is 0. The third kappa shape index (κ3) is 2.41. The minimum atomic E-state index is -0.338. The SMILES string of the molecule is CN1N=C2c3ccccc3C(OCc3ccccc3)=CC2(C)N1. The maximum absolute atomic E-state index is 6.15. The van der Waals surface area contributed by atoms with Crippen molar-refractivity contribution in [1.82, 2.24) is 10.5 Å². The van der Waals surface area contributed by atoms with Gasteiger partial charge in [0.05, 0.1) is 5.71 Å². The van der Waals surface area contributed by atoms with Crippen molar-refractivity contribution in [3.63, 3.8) is 0 Å². The molecule has 4 rings (SSSR count). The lowest BCUT2D eigenvalue weighted by Gasteiger charge is -2.30. The summed E-state index contributed by atoms with van der Waals surface area (Å²) in [5, 5.41) is 6.38. The van der Waals surface area contributed by atoms with E-state index in [0.29, 0.717) is 6.61 Å². The van der Waals surface area contributed by atoms with Crippen LogP contribution in [-0.2, 0) is 11.3 Å².